The van der Waals surface area contributed by atoms with Gasteiger partial charge in [-0.1, -0.05) is 42.2 Å². The molecule has 1 aromatic heterocycles. The van der Waals surface area contributed by atoms with Gasteiger partial charge in [-0.15, -0.1) is 0 Å². The summed E-state index contributed by atoms with van der Waals surface area (Å²) >= 11 is 6.87. The fourth-order valence-corrected chi connectivity index (χ4v) is 5.31. The number of rotatable bonds is 4. The minimum Gasteiger partial charge on any atom is -0.378 e. The lowest BCUT2D eigenvalue weighted by molar-refractivity contribution is -0.123. The van der Waals surface area contributed by atoms with Crippen molar-refractivity contribution in [3.8, 4) is 0 Å². The van der Waals surface area contributed by atoms with E-state index in [1.54, 1.807) is 4.90 Å². The van der Waals surface area contributed by atoms with E-state index in [2.05, 4.69) is 11.0 Å². The summed E-state index contributed by atoms with van der Waals surface area (Å²) in [4.78, 5) is 22.6. The van der Waals surface area contributed by atoms with Gasteiger partial charge < -0.3 is 14.4 Å². The molecule has 6 nitrogen and oxygen atoms in total. The summed E-state index contributed by atoms with van der Waals surface area (Å²) in [6, 6.07) is 10.2. The normalized spacial score (nSPS) is 23.9. The second-order valence-corrected chi connectivity index (χ2v) is 9.30. The lowest BCUT2D eigenvalue weighted by Crippen LogP contribution is -2.37. The van der Waals surface area contributed by atoms with Crippen molar-refractivity contribution in [3.63, 3.8) is 0 Å². The van der Waals surface area contributed by atoms with Gasteiger partial charge >= 0.3 is 0 Å². The van der Waals surface area contributed by atoms with E-state index >= 15 is 0 Å². The van der Waals surface area contributed by atoms with Crippen LogP contribution in [-0.2, 0) is 14.3 Å². The summed E-state index contributed by atoms with van der Waals surface area (Å²) in [5, 5.41) is 1.05. The number of carbonyl (C=O) groups excluding carboxylic acids is 1. The van der Waals surface area contributed by atoms with E-state index in [1.165, 1.54) is 11.8 Å². The summed E-state index contributed by atoms with van der Waals surface area (Å²) in [6.07, 6.45) is 4.05. The number of benzene rings is 1. The van der Waals surface area contributed by atoms with Gasteiger partial charge in [0.25, 0.3) is 5.91 Å². The predicted molar refractivity (Wildman–Crippen MR) is 124 cm³/mol. The monoisotopic (exact) mass is 441 g/mol. The SMILES string of the molecule is O=C1C(=Cc2cc3ccccc3nc2N2CCOCC2)SC(=S)N1CC1CCCO1. The molecular formula is C22H23N3O3S2. The third kappa shape index (κ3) is 3.97. The number of hydrogen-bond acceptors (Lipinski definition) is 7. The lowest BCUT2D eigenvalue weighted by Gasteiger charge is -2.29. The molecule has 1 unspecified atom stereocenters. The minimum absolute atomic E-state index is 0.0402. The zero-order chi connectivity index (χ0) is 20.5. The van der Waals surface area contributed by atoms with Crippen molar-refractivity contribution in [2.45, 2.75) is 18.9 Å². The van der Waals surface area contributed by atoms with E-state index in [0.29, 0.717) is 29.0 Å². The van der Waals surface area contributed by atoms with Crippen molar-refractivity contribution in [3.05, 3.63) is 40.8 Å². The van der Waals surface area contributed by atoms with Crippen LogP contribution in [0.5, 0.6) is 0 Å². The fraction of sp³-hybridized carbons (Fsp3) is 0.409. The van der Waals surface area contributed by atoms with Gasteiger partial charge in [-0.05, 0) is 31.1 Å². The van der Waals surface area contributed by atoms with Crippen molar-refractivity contribution in [1.82, 2.24) is 9.88 Å². The second kappa shape index (κ2) is 8.63. The van der Waals surface area contributed by atoms with Gasteiger partial charge in [0.2, 0.25) is 0 Å². The molecule has 3 saturated heterocycles. The number of fused-ring (bicyclic) bond motifs is 1. The molecule has 1 amide bonds. The molecule has 4 heterocycles. The summed E-state index contributed by atoms with van der Waals surface area (Å²) in [5.41, 5.74) is 1.88. The third-order valence-electron chi connectivity index (χ3n) is 5.61. The first-order valence-electron chi connectivity index (χ1n) is 10.3. The van der Waals surface area contributed by atoms with E-state index < -0.39 is 0 Å². The topological polar surface area (TPSA) is 54.9 Å². The number of hydrogen-bond donors (Lipinski definition) is 0. The lowest BCUT2D eigenvalue weighted by atomic mass is 10.1. The van der Waals surface area contributed by atoms with E-state index in [0.717, 1.165) is 54.8 Å². The third-order valence-corrected chi connectivity index (χ3v) is 6.99. The average molecular weight is 442 g/mol. The Bertz CT molecular complexity index is 1010. The highest BCUT2D eigenvalue weighted by atomic mass is 32.2. The Morgan fingerprint density at radius 3 is 2.87 bits per heavy atom. The van der Waals surface area contributed by atoms with E-state index in [9.17, 15) is 4.79 Å². The first-order chi connectivity index (χ1) is 14.7. The average Bonchev–Trinajstić information content (AvgIpc) is 3.38. The van der Waals surface area contributed by atoms with E-state index in [4.69, 9.17) is 26.7 Å². The zero-order valence-electron chi connectivity index (χ0n) is 16.6. The maximum Gasteiger partial charge on any atom is 0.266 e. The van der Waals surface area contributed by atoms with Crippen molar-refractivity contribution >= 4 is 57.0 Å². The smallest absolute Gasteiger partial charge is 0.266 e. The van der Waals surface area contributed by atoms with Gasteiger partial charge in [0.05, 0.1) is 36.3 Å². The first kappa shape index (κ1) is 19.9. The van der Waals surface area contributed by atoms with E-state index in [-0.39, 0.29) is 12.0 Å². The van der Waals surface area contributed by atoms with Gasteiger partial charge in [0.15, 0.2) is 0 Å². The predicted octanol–water partition coefficient (Wildman–Crippen LogP) is 3.45. The van der Waals surface area contributed by atoms with Crippen LogP contribution in [0.15, 0.2) is 35.2 Å². The van der Waals surface area contributed by atoms with Crippen molar-refractivity contribution in [2.24, 2.45) is 0 Å². The number of ether oxygens (including phenoxy) is 2. The number of nitrogens with zero attached hydrogens (tertiary/aromatic N) is 3. The molecule has 0 bridgehead atoms. The molecule has 5 rings (SSSR count). The van der Waals surface area contributed by atoms with Crippen molar-refractivity contribution in [2.75, 3.05) is 44.4 Å². The molecule has 1 aromatic carbocycles. The molecule has 0 N–H and O–H groups in total. The Morgan fingerprint density at radius 2 is 2.07 bits per heavy atom. The fourth-order valence-electron chi connectivity index (χ4n) is 4.05. The quantitative estimate of drug-likeness (QED) is 0.532. The Labute approximate surface area is 185 Å². The van der Waals surface area contributed by atoms with Crippen molar-refractivity contribution in [1.29, 1.82) is 0 Å². The molecule has 3 aliphatic heterocycles. The molecule has 0 saturated carbocycles. The number of aromatic nitrogens is 1. The van der Waals surface area contributed by atoms with Gasteiger partial charge in [-0.2, -0.15) is 0 Å². The van der Waals surface area contributed by atoms with Crippen LogP contribution in [0.4, 0.5) is 5.82 Å². The molecule has 156 valence electrons. The summed E-state index contributed by atoms with van der Waals surface area (Å²) in [6.45, 7) is 4.22. The van der Waals surface area contributed by atoms with Gasteiger partial charge in [0.1, 0.15) is 10.1 Å². The van der Waals surface area contributed by atoms with Gasteiger partial charge in [0, 0.05) is 30.6 Å². The molecular weight excluding hydrogens is 418 g/mol. The number of anilines is 1. The van der Waals surface area contributed by atoms with Crippen LogP contribution >= 0.6 is 24.0 Å². The highest BCUT2D eigenvalue weighted by molar-refractivity contribution is 8.26. The van der Waals surface area contributed by atoms with Crippen LogP contribution in [-0.4, -0.2) is 65.7 Å². The maximum absolute atomic E-state index is 13.1. The van der Waals surface area contributed by atoms with Gasteiger partial charge in [-0.3, -0.25) is 9.69 Å². The Balaban J connectivity index is 1.49. The largest absolute Gasteiger partial charge is 0.378 e. The molecule has 3 aliphatic rings. The standard InChI is InChI=1S/C22H23N3O3S2/c26-21-19(30-22(29)25(21)14-17-5-3-9-28-17)13-16-12-15-4-1-2-6-18(15)23-20(16)24-7-10-27-11-8-24/h1-2,4,6,12-13,17H,3,5,7-11,14H2. The van der Waals surface area contributed by atoms with Gasteiger partial charge in [-0.25, -0.2) is 4.98 Å². The molecule has 0 aliphatic carbocycles. The van der Waals surface area contributed by atoms with Crippen molar-refractivity contribution < 1.29 is 14.3 Å². The number of amides is 1. The highest BCUT2D eigenvalue weighted by Crippen LogP contribution is 2.35. The molecule has 30 heavy (non-hydrogen) atoms. The molecule has 1 atom stereocenters. The highest BCUT2D eigenvalue weighted by Gasteiger charge is 2.35. The minimum atomic E-state index is -0.0402. The van der Waals surface area contributed by atoms with Crippen LogP contribution in [0.25, 0.3) is 17.0 Å². The summed E-state index contributed by atoms with van der Waals surface area (Å²) in [7, 11) is 0. The van der Waals surface area contributed by atoms with Crippen LogP contribution in [0.1, 0.15) is 18.4 Å². The van der Waals surface area contributed by atoms with Crippen LogP contribution < -0.4 is 4.90 Å². The second-order valence-electron chi connectivity index (χ2n) is 7.62. The van der Waals surface area contributed by atoms with Crippen LogP contribution in [0.2, 0.25) is 0 Å². The molecule has 8 heteroatoms. The summed E-state index contributed by atoms with van der Waals surface area (Å²) in [5.74, 6) is 0.850. The first-order valence-corrected chi connectivity index (χ1v) is 11.5. The molecule has 2 aromatic rings. The number of pyridine rings is 1. The number of para-hydroxylation sites is 1. The zero-order valence-corrected chi connectivity index (χ0v) is 18.2. The number of thiocarbonyl (C=S) groups is 1. The summed E-state index contributed by atoms with van der Waals surface area (Å²) < 4.78 is 11.8. The van der Waals surface area contributed by atoms with Crippen LogP contribution in [0.3, 0.4) is 0 Å². The maximum atomic E-state index is 13.1. The van der Waals surface area contributed by atoms with Crippen LogP contribution in [0, 0.1) is 0 Å². The Kier molecular flexibility index (Phi) is 5.73. The Morgan fingerprint density at radius 1 is 1.23 bits per heavy atom. The molecule has 0 radical (unpaired) electrons. The number of carbonyl (C=O) groups is 1. The number of morpholine rings is 1. The van der Waals surface area contributed by atoms with E-state index in [1.807, 2.05) is 30.3 Å². The molecule has 3 fully saturated rings. The molecule has 0 spiro atoms. The Hall–Kier alpha value is -2.00. The number of thioether (sulfide) groups is 1.